The molecule has 0 radical (unpaired) electrons. The first-order valence-corrected chi connectivity index (χ1v) is 12.5. The molecule has 3 N–H and O–H groups in total. The van der Waals surface area contributed by atoms with Gasteiger partial charge >= 0.3 is 5.97 Å². The van der Waals surface area contributed by atoms with Crippen LogP contribution < -0.4 is 5.56 Å². The second kappa shape index (κ2) is 10.4. The van der Waals surface area contributed by atoms with E-state index in [0.717, 1.165) is 22.8 Å². The molecule has 1 aromatic heterocycles. The Balaban J connectivity index is 1.62. The maximum atomic E-state index is 12.6. The number of hydrogen-bond acceptors (Lipinski definition) is 5. The van der Waals surface area contributed by atoms with Gasteiger partial charge in [0.05, 0.1) is 5.69 Å². The molecule has 1 heterocycles. The topological polar surface area (TPSA) is 120 Å². The number of fused-ring (bicyclic) bond motifs is 1. The van der Waals surface area contributed by atoms with Crippen LogP contribution >= 0.6 is 22.6 Å². The minimum atomic E-state index is -0.909. The molecule has 1 aliphatic carbocycles. The van der Waals surface area contributed by atoms with Gasteiger partial charge in [-0.3, -0.25) is 19.4 Å². The molecule has 4 rings (SSSR count). The predicted octanol–water partition coefficient (Wildman–Crippen LogP) is 5.89. The van der Waals surface area contributed by atoms with E-state index >= 15 is 0 Å². The summed E-state index contributed by atoms with van der Waals surface area (Å²) in [5.74, 6) is -0.878. The van der Waals surface area contributed by atoms with E-state index in [2.05, 4.69) is 62.2 Å². The van der Waals surface area contributed by atoms with Crippen molar-refractivity contribution in [1.29, 1.82) is 0 Å². The van der Waals surface area contributed by atoms with E-state index in [1.165, 1.54) is 21.4 Å². The molecule has 0 atom stereocenters. The number of nitrogens with zero attached hydrogens (tertiary/aromatic N) is 3. The number of phenols is 1. The number of alkyl halides is 1. The van der Waals surface area contributed by atoms with Gasteiger partial charge in [0.25, 0.3) is 5.56 Å². The molecule has 0 spiro atoms. The zero-order valence-corrected chi connectivity index (χ0v) is 20.9. The van der Waals surface area contributed by atoms with E-state index in [-0.39, 0.29) is 35.6 Å². The monoisotopic (exact) mass is 572 g/mol. The highest BCUT2D eigenvalue weighted by Crippen LogP contribution is 2.40. The van der Waals surface area contributed by atoms with Crippen LogP contribution in [0.3, 0.4) is 0 Å². The molecule has 0 saturated carbocycles. The SMILES string of the molecule is Cc1[nH]n(CCCC(=O)O)c(=O)c1N=Nc1cccc(C2=Cc3c(CI)cccc3CC2)c1O. The Hall–Kier alpha value is -3.21. The van der Waals surface area contributed by atoms with Crippen LogP contribution in [0.15, 0.2) is 51.4 Å². The number of nitrogens with one attached hydrogen (secondary N) is 1. The zero-order chi connectivity index (χ0) is 24.2. The fourth-order valence-electron chi connectivity index (χ4n) is 4.15. The summed E-state index contributed by atoms with van der Waals surface area (Å²) in [7, 11) is 0. The largest absolute Gasteiger partial charge is 0.505 e. The molecule has 0 unspecified atom stereocenters. The normalized spacial score (nSPS) is 13.2. The van der Waals surface area contributed by atoms with Gasteiger partial charge in [-0.05, 0) is 54.5 Å². The van der Waals surface area contributed by atoms with Crippen LogP contribution in [-0.4, -0.2) is 26.0 Å². The molecule has 1 aliphatic rings. The number of aryl methyl sites for hydroxylation is 3. The van der Waals surface area contributed by atoms with E-state index in [0.29, 0.717) is 17.7 Å². The minimum absolute atomic E-state index is 0.0261. The fraction of sp³-hybridized carbons (Fsp3) is 0.280. The summed E-state index contributed by atoms with van der Waals surface area (Å²) in [6.45, 7) is 1.95. The third-order valence-corrected chi connectivity index (χ3v) is 6.73. The Bertz CT molecular complexity index is 1350. The third-order valence-electron chi connectivity index (χ3n) is 5.91. The van der Waals surface area contributed by atoms with Crippen LogP contribution in [0, 0.1) is 6.92 Å². The summed E-state index contributed by atoms with van der Waals surface area (Å²) in [4.78, 5) is 23.3. The van der Waals surface area contributed by atoms with E-state index in [4.69, 9.17) is 5.11 Å². The molecule has 0 saturated heterocycles. The molecule has 34 heavy (non-hydrogen) atoms. The van der Waals surface area contributed by atoms with Gasteiger partial charge in [0.1, 0.15) is 5.69 Å². The summed E-state index contributed by atoms with van der Waals surface area (Å²) >= 11 is 2.36. The summed E-state index contributed by atoms with van der Waals surface area (Å²) in [5, 5.41) is 30.9. The Morgan fingerprint density at radius 3 is 2.74 bits per heavy atom. The molecule has 0 amide bonds. The summed E-state index contributed by atoms with van der Waals surface area (Å²) < 4.78 is 2.24. The lowest BCUT2D eigenvalue weighted by Gasteiger charge is -2.20. The third kappa shape index (κ3) is 4.98. The molecule has 2 aromatic carbocycles. The van der Waals surface area contributed by atoms with Crippen molar-refractivity contribution < 1.29 is 15.0 Å². The van der Waals surface area contributed by atoms with Crippen molar-refractivity contribution in [2.45, 2.75) is 43.6 Å². The van der Waals surface area contributed by atoms with Gasteiger partial charge in [0.2, 0.25) is 0 Å². The molecule has 8 nitrogen and oxygen atoms in total. The van der Waals surface area contributed by atoms with Gasteiger partial charge in [-0.15, -0.1) is 10.2 Å². The first kappa shape index (κ1) is 23.9. The van der Waals surface area contributed by atoms with Crippen LogP contribution in [-0.2, 0) is 22.2 Å². The lowest BCUT2D eigenvalue weighted by molar-refractivity contribution is -0.137. The van der Waals surface area contributed by atoms with E-state index < -0.39 is 5.97 Å². The summed E-state index contributed by atoms with van der Waals surface area (Å²) in [6.07, 6.45) is 4.16. The Morgan fingerprint density at radius 1 is 1.18 bits per heavy atom. The summed E-state index contributed by atoms with van der Waals surface area (Å²) in [5.41, 5.74) is 6.12. The maximum Gasteiger partial charge on any atom is 0.303 e. The lowest BCUT2D eigenvalue weighted by atomic mass is 9.86. The van der Waals surface area contributed by atoms with Crippen molar-refractivity contribution in [3.05, 3.63) is 74.7 Å². The number of aliphatic carboxylic acids is 1. The predicted molar refractivity (Wildman–Crippen MR) is 139 cm³/mol. The average Bonchev–Trinajstić information content (AvgIpc) is 3.09. The molecular weight excluding hydrogens is 547 g/mol. The van der Waals surface area contributed by atoms with Crippen LogP contribution in [0.1, 0.15) is 47.2 Å². The fourth-order valence-corrected chi connectivity index (χ4v) is 4.81. The van der Waals surface area contributed by atoms with Gasteiger partial charge in [-0.2, -0.15) is 0 Å². The number of phenolic OH excluding ortho intramolecular Hbond substituents is 1. The van der Waals surface area contributed by atoms with Gasteiger partial charge in [-0.25, -0.2) is 0 Å². The molecule has 9 heteroatoms. The van der Waals surface area contributed by atoms with Crippen molar-refractivity contribution in [2.24, 2.45) is 10.2 Å². The van der Waals surface area contributed by atoms with Crippen LogP contribution in [0.2, 0.25) is 0 Å². The first-order valence-electron chi connectivity index (χ1n) is 11.0. The molecular formula is C25H25IN4O4. The Kier molecular flexibility index (Phi) is 7.30. The molecule has 0 fully saturated rings. The van der Waals surface area contributed by atoms with Crippen molar-refractivity contribution >= 4 is 51.6 Å². The summed E-state index contributed by atoms with van der Waals surface area (Å²) in [6, 6.07) is 11.7. The highest BCUT2D eigenvalue weighted by Gasteiger charge is 2.18. The van der Waals surface area contributed by atoms with Gasteiger partial charge in [0, 0.05) is 23.0 Å². The highest BCUT2D eigenvalue weighted by atomic mass is 127. The minimum Gasteiger partial charge on any atom is -0.505 e. The number of carboxylic acids is 1. The zero-order valence-electron chi connectivity index (χ0n) is 18.7. The van der Waals surface area contributed by atoms with Gasteiger partial charge in [0.15, 0.2) is 11.4 Å². The number of carbonyl (C=O) groups is 1. The standard InChI is InChI=1S/C25H25IN4O4/c1-15-23(25(34)30(29-15)12-4-9-22(31)32)28-27-21-8-3-7-19(24(21)33)17-11-10-16-5-2-6-18(14-26)20(16)13-17/h2-3,5-8,13,29,33H,4,9-12,14H2,1H3,(H,31,32). The molecule has 0 aliphatic heterocycles. The average molecular weight is 572 g/mol. The van der Waals surface area contributed by atoms with Crippen molar-refractivity contribution in [3.8, 4) is 5.75 Å². The van der Waals surface area contributed by atoms with Gasteiger partial charge in [-0.1, -0.05) is 59.0 Å². The van der Waals surface area contributed by atoms with Crippen LogP contribution in [0.4, 0.5) is 11.4 Å². The second-order valence-corrected chi connectivity index (χ2v) is 8.97. The number of allylic oxidation sites excluding steroid dienone is 1. The van der Waals surface area contributed by atoms with E-state index in [1.54, 1.807) is 13.0 Å². The second-order valence-electron chi connectivity index (χ2n) is 8.21. The number of benzene rings is 2. The van der Waals surface area contributed by atoms with Crippen molar-refractivity contribution in [3.63, 3.8) is 0 Å². The van der Waals surface area contributed by atoms with Crippen molar-refractivity contribution in [1.82, 2.24) is 9.78 Å². The Morgan fingerprint density at radius 2 is 1.97 bits per heavy atom. The number of para-hydroxylation sites is 1. The number of H-pyrrole nitrogens is 1. The number of aromatic hydroxyl groups is 1. The molecule has 0 bridgehead atoms. The number of rotatable bonds is 8. The molecule has 176 valence electrons. The van der Waals surface area contributed by atoms with Gasteiger partial charge < -0.3 is 10.2 Å². The number of aromatic nitrogens is 2. The number of carboxylic acid groups (broad SMARTS) is 1. The Labute approximate surface area is 210 Å². The smallest absolute Gasteiger partial charge is 0.303 e. The number of hydrogen-bond donors (Lipinski definition) is 3. The first-order chi connectivity index (χ1) is 16.4. The quantitative estimate of drug-likeness (QED) is 0.177. The van der Waals surface area contributed by atoms with Crippen molar-refractivity contribution in [2.75, 3.05) is 0 Å². The van der Waals surface area contributed by atoms with E-state index in [1.807, 2.05) is 12.1 Å². The maximum absolute atomic E-state index is 12.6. The van der Waals surface area contributed by atoms with Crippen LogP contribution in [0.5, 0.6) is 5.75 Å². The highest BCUT2D eigenvalue weighted by molar-refractivity contribution is 14.1. The lowest BCUT2D eigenvalue weighted by Crippen LogP contribution is -2.17. The number of aromatic amines is 1. The number of halogens is 1. The van der Waals surface area contributed by atoms with E-state index in [9.17, 15) is 14.7 Å². The van der Waals surface area contributed by atoms with Crippen LogP contribution in [0.25, 0.3) is 11.6 Å². The number of azo groups is 1. The molecule has 3 aromatic rings.